The van der Waals surface area contributed by atoms with Crippen LogP contribution in [0, 0.1) is 0 Å². The predicted octanol–water partition coefficient (Wildman–Crippen LogP) is 4.11. The SMILES string of the molecule is CCN(CC)CCn1c2c(c(SCC(=O)Nc3cc(Cl)cc(Cl)c3)nc1=O)CCC2. The normalized spacial score (nSPS) is 13.0. The maximum Gasteiger partial charge on any atom is 0.348 e. The summed E-state index contributed by atoms with van der Waals surface area (Å²) in [5, 5.41) is 4.37. The number of likely N-dealkylation sites (N-methyl/N-ethyl adjacent to an activating group) is 1. The summed E-state index contributed by atoms with van der Waals surface area (Å²) in [5.74, 6) is -0.0375. The molecule has 0 radical (unpaired) electrons. The highest BCUT2D eigenvalue weighted by Crippen LogP contribution is 2.29. The quantitative estimate of drug-likeness (QED) is 0.442. The lowest BCUT2D eigenvalue weighted by atomic mass is 10.2. The molecule has 0 spiro atoms. The molecule has 0 fully saturated rings. The van der Waals surface area contributed by atoms with Gasteiger partial charge < -0.3 is 10.2 Å². The molecule has 1 aromatic carbocycles. The van der Waals surface area contributed by atoms with E-state index in [0.29, 0.717) is 27.3 Å². The van der Waals surface area contributed by atoms with Crippen molar-refractivity contribution in [1.29, 1.82) is 0 Å². The van der Waals surface area contributed by atoms with Crippen LogP contribution in [0.5, 0.6) is 0 Å². The van der Waals surface area contributed by atoms with Crippen LogP contribution in [0.2, 0.25) is 10.0 Å². The third-order valence-electron chi connectivity index (χ3n) is 5.22. The van der Waals surface area contributed by atoms with Gasteiger partial charge in [0, 0.05) is 40.1 Å². The number of nitrogens with one attached hydrogen (secondary N) is 1. The lowest BCUT2D eigenvalue weighted by molar-refractivity contribution is -0.113. The van der Waals surface area contributed by atoms with E-state index in [1.807, 2.05) is 4.57 Å². The summed E-state index contributed by atoms with van der Waals surface area (Å²) in [4.78, 5) is 31.7. The summed E-state index contributed by atoms with van der Waals surface area (Å²) in [6.07, 6.45) is 2.78. The number of anilines is 1. The number of carbonyl (C=O) groups is 1. The van der Waals surface area contributed by atoms with Crippen LogP contribution in [0.15, 0.2) is 28.0 Å². The van der Waals surface area contributed by atoms with Gasteiger partial charge in [-0.2, -0.15) is 4.98 Å². The van der Waals surface area contributed by atoms with Gasteiger partial charge in [-0.25, -0.2) is 4.79 Å². The van der Waals surface area contributed by atoms with Gasteiger partial charge in [0.2, 0.25) is 5.91 Å². The van der Waals surface area contributed by atoms with Crippen molar-refractivity contribution in [2.24, 2.45) is 0 Å². The topological polar surface area (TPSA) is 67.2 Å². The van der Waals surface area contributed by atoms with Gasteiger partial charge in [0.15, 0.2) is 0 Å². The molecule has 3 rings (SSSR count). The Morgan fingerprint density at radius 2 is 1.90 bits per heavy atom. The van der Waals surface area contributed by atoms with Gasteiger partial charge in [-0.3, -0.25) is 9.36 Å². The molecule has 1 aliphatic rings. The molecule has 9 heteroatoms. The van der Waals surface area contributed by atoms with Crippen molar-refractivity contribution in [3.05, 3.63) is 50.0 Å². The van der Waals surface area contributed by atoms with Crippen molar-refractivity contribution in [3.63, 3.8) is 0 Å². The van der Waals surface area contributed by atoms with Crippen LogP contribution in [0.3, 0.4) is 0 Å². The maximum absolute atomic E-state index is 12.7. The summed E-state index contributed by atoms with van der Waals surface area (Å²) < 4.78 is 1.82. The van der Waals surface area contributed by atoms with E-state index in [1.165, 1.54) is 11.8 Å². The highest BCUT2D eigenvalue weighted by Gasteiger charge is 2.22. The Kier molecular flexibility index (Phi) is 8.22. The Balaban J connectivity index is 1.69. The number of thioether (sulfide) groups is 1. The van der Waals surface area contributed by atoms with E-state index in [-0.39, 0.29) is 17.3 Å². The largest absolute Gasteiger partial charge is 0.348 e. The Hall–Kier alpha value is -1.54. The number of benzene rings is 1. The Morgan fingerprint density at radius 3 is 2.57 bits per heavy atom. The van der Waals surface area contributed by atoms with E-state index in [4.69, 9.17) is 23.2 Å². The second-order valence-corrected chi connectivity index (χ2v) is 8.99. The van der Waals surface area contributed by atoms with Gasteiger partial charge >= 0.3 is 5.69 Å². The average molecular weight is 469 g/mol. The molecule has 0 atom stereocenters. The van der Waals surface area contributed by atoms with Crippen LogP contribution < -0.4 is 11.0 Å². The van der Waals surface area contributed by atoms with Crippen LogP contribution in [0.25, 0.3) is 0 Å². The lowest BCUT2D eigenvalue weighted by Gasteiger charge is -2.20. The molecular formula is C21H26Cl2N4O2S. The van der Waals surface area contributed by atoms with Crippen LogP contribution in [0.1, 0.15) is 31.5 Å². The molecule has 1 N–H and O–H groups in total. The van der Waals surface area contributed by atoms with Gasteiger partial charge in [-0.15, -0.1) is 0 Å². The number of carbonyl (C=O) groups excluding carboxylic acids is 1. The molecule has 2 aromatic rings. The fourth-order valence-electron chi connectivity index (χ4n) is 3.67. The van der Waals surface area contributed by atoms with Crippen LogP contribution in [0.4, 0.5) is 5.69 Å². The zero-order valence-electron chi connectivity index (χ0n) is 17.2. The van der Waals surface area contributed by atoms with Crippen LogP contribution in [-0.4, -0.2) is 45.7 Å². The van der Waals surface area contributed by atoms with E-state index in [0.717, 1.165) is 50.2 Å². The molecule has 30 heavy (non-hydrogen) atoms. The zero-order chi connectivity index (χ0) is 21.7. The van der Waals surface area contributed by atoms with Crippen LogP contribution >= 0.6 is 35.0 Å². The van der Waals surface area contributed by atoms with Crippen molar-refractivity contribution in [1.82, 2.24) is 14.5 Å². The van der Waals surface area contributed by atoms with Crippen molar-refractivity contribution in [2.75, 3.05) is 30.7 Å². The minimum absolute atomic E-state index is 0.159. The second kappa shape index (κ2) is 10.7. The summed E-state index contributed by atoms with van der Waals surface area (Å²) in [6.45, 7) is 7.65. The number of rotatable bonds is 9. The number of hydrogen-bond donors (Lipinski definition) is 1. The summed E-state index contributed by atoms with van der Waals surface area (Å²) in [6, 6.07) is 4.89. The zero-order valence-corrected chi connectivity index (χ0v) is 19.5. The summed E-state index contributed by atoms with van der Waals surface area (Å²) in [5.41, 5.74) is 2.50. The smallest absolute Gasteiger partial charge is 0.325 e. The molecule has 0 saturated heterocycles. The first-order valence-corrected chi connectivity index (χ1v) is 11.9. The summed E-state index contributed by atoms with van der Waals surface area (Å²) in [7, 11) is 0. The maximum atomic E-state index is 12.7. The van der Waals surface area contributed by atoms with Crippen LogP contribution in [-0.2, 0) is 24.2 Å². The van der Waals surface area contributed by atoms with Crippen molar-refractivity contribution in [2.45, 2.75) is 44.7 Å². The molecule has 1 heterocycles. The van der Waals surface area contributed by atoms with E-state index < -0.39 is 0 Å². The Morgan fingerprint density at radius 1 is 1.20 bits per heavy atom. The highest BCUT2D eigenvalue weighted by atomic mass is 35.5. The molecular weight excluding hydrogens is 443 g/mol. The Labute approximate surface area is 191 Å². The third-order valence-corrected chi connectivity index (χ3v) is 6.68. The van der Waals surface area contributed by atoms with Crippen molar-refractivity contribution in [3.8, 4) is 0 Å². The molecule has 1 amide bonds. The van der Waals surface area contributed by atoms with Gasteiger partial charge in [-0.05, 0) is 50.6 Å². The first-order chi connectivity index (χ1) is 14.4. The molecule has 0 bridgehead atoms. The molecule has 1 aliphatic carbocycles. The standard InChI is InChI=1S/C21H26Cl2N4O2S/c1-3-26(4-2)8-9-27-18-7-5-6-17(18)20(25-21(27)29)30-13-19(28)24-16-11-14(22)10-15(23)12-16/h10-12H,3-9,13H2,1-2H3,(H,24,28). The molecule has 162 valence electrons. The second-order valence-electron chi connectivity index (χ2n) is 7.15. The Bertz CT molecular complexity index is 956. The first-order valence-electron chi connectivity index (χ1n) is 10.1. The van der Waals surface area contributed by atoms with Gasteiger partial charge in [0.25, 0.3) is 0 Å². The van der Waals surface area contributed by atoms with E-state index in [2.05, 4.69) is 29.0 Å². The van der Waals surface area contributed by atoms with Gasteiger partial charge in [0.1, 0.15) is 5.03 Å². The molecule has 0 saturated carbocycles. The van der Waals surface area contributed by atoms with Gasteiger partial charge in [0.05, 0.1) is 5.75 Å². The van der Waals surface area contributed by atoms with Crippen molar-refractivity contribution >= 4 is 46.6 Å². The number of hydrogen-bond acceptors (Lipinski definition) is 5. The van der Waals surface area contributed by atoms with E-state index in [9.17, 15) is 9.59 Å². The van der Waals surface area contributed by atoms with E-state index in [1.54, 1.807) is 18.2 Å². The van der Waals surface area contributed by atoms with Gasteiger partial charge in [-0.1, -0.05) is 48.8 Å². The third kappa shape index (κ3) is 5.78. The summed E-state index contributed by atoms with van der Waals surface area (Å²) >= 11 is 13.3. The monoisotopic (exact) mass is 468 g/mol. The number of aromatic nitrogens is 2. The first kappa shape index (κ1) is 23.1. The number of fused-ring (bicyclic) bond motifs is 1. The van der Waals surface area contributed by atoms with Crippen molar-refractivity contribution < 1.29 is 4.79 Å². The number of halogens is 2. The fourth-order valence-corrected chi connectivity index (χ4v) is 5.08. The molecule has 1 aromatic heterocycles. The lowest BCUT2D eigenvalue weighted by Crippen LogP contribution is -2.34. The predicted molar refractivity (Wildman–Crippen MR) is 124 cm³/mol. The minimum Gasteiger partial charge on any atom is -0.325 e. The number of amides is 1. The highest BCUT2D eigenvalue weighted by molar-refractivity contribution is 8.00. The molecule has 0 aliphatic heterocycles. The fraction of sp³-hybridized carbons (Fsp3) is 0.476. The number of nitrogens with zero attached hydrogens (tertiary/aromatic N) is 3. The average Bonchev–Trinajstić information content (AvgIpc) is 3.17. The molecule has 6 nitrogen and oxygen atoms in total. The molecule has 0 unspecified atom stereocenters. The minimum atomic E-state index is -0.229. The van der Waals surface area contributed by atoms with E-state index >= 15 is 0 Å².